The molecule has 0 saturated heterocycles. The summed E-state index contributed by atoms with van der Waals surface area (Å²) in [4.78, 5) is 8.33. The van der Waals surface area contributed by atoms with Crippen LogP contribution < -0.4 is 15.2 Å². The SMILES string of the molecule is CCCOc1ccc(Oc2nccc(C(N)=S)n2)cc1. The van der Waals surface area contributed by atoms with Gasteiger partial charge in [-0.25, -0.2) is 4.98 Å². The number of hydrogen-bond acceptors (Lipinski definition) is 5. The Morgan fingerprint density at radius 1 is 1.20 bits per heavy atom. The predicted octanol–water partition coefficient (Wildman–Crippen LogP) is 2.69. The van der Waals surface area contributed by atoms with Crippen LogP contribution in [0.1, 0.15) is 19.0 Å². The van der Waals surface area contributed by atoms with Gasteiger partial charge in [-0.2, -0.15) is 4.98 Å². The summed E-state index contributed by atoms with van der Waals surface area (Å²) in [6.45, 7) is 2.75. The molecule has 0 fully saturated rings. The van der Waals surface area contributed by atoms with Crippen molar-refractivity contribution in [2.24, 2.45) is 5.73 Å². The maximum Gasteiger partial charge on any atom is 0.322 e. The monoisotopic (exact) mass is 289 g/mol. The maximum absolute atomic E-state index is 5.54. The zero-order chi connectivity index (χ0) is 14.4. The molecule has 1 aromatic carbocycles. The smallest absolute Gasteiger partial charge is 0.322 e. The fourth-order valence-electron chi connectivity index (χ4n) is 1.46. The lowest BCUT2D eigenvalue weighted by molar-refractivity contribution is 0.317. The van der Waals surface area contributed by atoms with Crippen LogP contribution in [0.3, 0.4) is 0 Å². The molecule has 2 rings (SSSR count). The van der Waals surface area contributed by atoms with E-state index >= 15 is 0 Å². The van der Waals surface area contributed by atoms with Gasteiger partial charge in [-0.15, -0.1) is 0 Å². The molecule has 1 aromatic heterocycles. The number of nitrogens with zero attached hydrogens (tertiary/aromatic N) is 2. The molecule has 104 valence electrons. The van der Waals surface area contributed by atoms with Gasteiger partial charge in [0.25, 0.3) is 0 Å². The molecule has 0 atom stereocenters. The lowest BCUT2D eigenvalue weighted by Gasteiger charge is -2.07. The Labute approximate surface area is 122 Å². The summed E-state index contributed by atoms with van der Waals surface area (Å²) in [5.74, 6) is 1.42. The number of hydrogen-bond donors (Lipinski definition) is 1. The highest BCUT2D eigenvalue weighted by atomic mass is 32.1. The van der Waals surface area contributed by atoms with Crippen LogP contribution in [0.15, 0.2) is 36.5 Å². The van der Waals surface area contributed by atoms with Crippen molar-refractivity contribution in [1.29, 1.82) is 0 Å². The largest absolute Gasteiger partial charge is 0.494 e. The quantitative estimate of drug-likeness (QED) is 0.824. The highest BCUT2D eigenvalue weighted by Crippen LogP contribution is 2.21. The van der Waals surface area contributed by atoms with E-state index in [2.05, 4.69) is 16.9 Å². The van der Waals surface area contributed by atoms with Crippen LogP contribution in [-0.4, -0.2) is 21.6 Å². The summed E-state index contributed by atoms with van der Waals surface area (Å²) in [5, 5.41) is 0. The first kappa shape index (κ1) is 14.2. The first-order valence-electron chi connectivity index (χ1n) is 6.22. The van der Waals surface area contributed by atoms with Gasteiger partial charge in [-0.3, -0.25) is 0 Å². The molecule has 0 aliphatic heterocycles. The Bertz CT molecular complexity index is 587. The molecule has 1 heterocycles. The third-order valence-electron chi connectivity index (χ3n) is 2.39. The molecule has 0 unspecified atom stereocenters. The molecule has 5 nitrogen and oxygen atoms in total. The van der Waals surface area contributed by atoms with Crippen molar-refractivity contribution in [1.82, 2.24) is 9.97 Å². The minimum Gasteiger partial charge on any atom is -0.494 e. The zero-order valence-electron chi connectivity index (χ0n) is 11.1. The van der Waals surface area contributed by atoms with Crippen LogP contribution in [0.4, 0.5) is 0 Å². The highest BCUT2D eigenvalue weighted by molar-refractivity contribution is 7.80. The second-order valence-electron chi connectivity index (χ2n) is 4.01. The van der Waals surface area contributed by atoms with Crippen molar-refractivity contribution in [3.05, 3.63) is 42.2 Å². The van der Waals surface area contributed by atoms with E-state index in [1.807, 2.05) is 12.1 Å². The molecule has 0 saturated carbocycles. The Hall–Kier alpha value is -2.21. The van der Waals surface area contributed by atoms with E-state index in [-0.39, 0.29) is 11.0 Å². The van der Waals surface area contributed by atoms with Crippen molar-refractivity contribution in [3.63, 3.8) is 0 Å². The zero-order valence-corrected chi connectivity index (χ0v) is 11.9. The van der Waals surface area contributed by atoms with E-state index in [0.717, 1.165) is 12.2 Å². The van der Waals surface area contributed by atoms with Crippen molar-refractivity contribution < 1.29 is 9.47 Å². The summed E-state index contributed by atoms with van der Waals surface area (Å²) in [7, 11) is 0. The predicted molar refractivity (Wildman–Crippen MR) is 80.2 cm³/mol. The van der Waals surface area contributed by atoms with Crippen LogP contribution in [0, 0.1) is 0 Å². The van der Waals surface area contributed by atoms with Crippen LogP contribution in [0.25, 0.3) is 0 Å². The molecule has 6 heteroatoms. The lowest BCUT2D eigenvalue weighted by atomic mass is 10.3. The molecule has 20 heavy (non-hydrogen) atoms. The van der Waals surface area contributed by atoms with Gasteiger partial charge in [0.05, 0.1) is 6.61 Å². The summed E-state index contributed by atoms with van der Waals surface area (Å²) in [5.41, 5.74) is 5.99. The van der Waals surface area contributed by atoms with Gasteiger partial charge >= 0.3 is 6.01 Å². The molecular formula is C14H15N3O2S. The second-order valence-corrected chi connectivity index (χ2v) is 4.45. The van der Waals surface area contributed by atoms with E-state index in [1.165, 1.54) is 0 Å². The summed E-state index contributed by atoms with van der Waals surface area (Å²) in [6.07, 6.45) is 2.52. The van der Waals surface area contributed by atoms with Crippen molar-refractivity contribution in [2.75, 3.05) is 6.61 Å². The van der Waals surface area contributed by atoms with Crippen molar-refractivity contribution >= 4 is 17.2 Å². The van der Waals surface area contributed by atoms with Gasteiger partial charge in [-0.1, -0.05) is 19.1 Å². The number of aromatic nitrogens is 2. The van der Waals surface area contributed by atoms with Crippen molar-refractivity contribution in [2.45, 2.75) is 13.3 Å². The third-order valence-corrected chi connectivity index (χ3v) is 2.60. The molecule has 0 amide bonds. The minimum absolute atomic E-state index is 0.206. The average molecular weight is 289 g/mol. The summed E-state index contributed by atoms with van der Waals surface area (Å²) in [6, 6.07) is 9.10. The molecule has 0 aliphatic carbocycles. The first-order chi connectivity index (χ1) is 9.69. The van der Waals surface area contributed by atoms with Crippen LogP contribution in [-0.2, 0) is 0 Å². The number of benzene rings is 1. The van der Waals surface area contributed by atoms with E-state index in [0.29, 0.717) is 18.1 Å². The minimum atomic E-state index is 0.206. The van der Waals surface area contributed by atoms with Gasteiger partial charge in [-0.05, 0) is 36.8 Å². The fourth-order valence-corrected chi connectivity index (χ4v) is 1.57. The third kappa shape index (κ3) is 3.89. The number of nitrogens with two attached hydrogens (primary N) is 1. The molecule has 0 spiro atoms. The van der Waals surface area contributed by atoms with Crippen LogP contribution >= 0.6 is 12.2 Å². The van der Waals surface area contributed by atoms with E-state index in [1.54, 1.807) is 24.4 Å². The van der Waals surface area contributed by atoms with Gasteiger partial charge in [0.1, 0.15) is 22.2 Å². The Kier molecular flexibility index (Phi) is 4.84. The summed E-state index contributed by atoms with van der Waals surface area (Å²) >= 11 is 4.86. The fraction of sp³-hybridized carbons (Fsp3) is 0.214. The molecule has 2 N–H and O–H groups in total. The molecule has 0 radical (unpaired) electrons. The van der Waals surface area contributed by atoms with Gasteiger partial charge in [0.15, 0.2) is 0 Å². The maximum atomic E-state index is 5.54. The summed E-state index contributed by atoms with van der Waals surface area (Å²) < 4.78 is 11.0. The Morgan fingerprint density at radius 2 is 1.90 bits per heavy atom. The van der Waals surface area contributed by atoms with Crippen molar-refractivity contribution in [3.8, 4) is 17.5 Å². The topological polar surface area (TPSA) is 70.3 Å². The molecule has 0 bridgehead atoms. The molecule has 2 aromatic rings. The normalized spacial score (nSPS) is 10.1. The Morgan fingerprint density at radius 3 is 2.55 bits per heavy atom. The molecule has 0 aliphatic rings. The van der Waals surface area contributed by atoms with Crippen LogP contribution in [0.2, 0.25) is 0 Å². The van der Waals surface area contributed by atoms with E-state index < -0.39 is 0 Å². The van der Waals surface area contributed by atoms with Crippen LogP contribution in [0.5, 0.6) is 17.5 Å². The lowest BCUT2D eigenvalue weighted by Crippen LogP contribution is -2.12. The number of ether oxygens (including phenoxy) is 2. The highest BCUT2D eigenvalue weighted by Gasteiger charge is 2.04. The number of thiocarbonyl (C=S) groups is 1. The second kappa shape index (κ2) is 6.81. The Balaban J connectivity index is 2.06. The van der Waals surface area contributed by atoms with Gasteiger partial charge in [0.2, 0.25) is 0 Å². The van der Waals surface area contributed by atoms with Gasteiger partial charge in [0, 0.05) is 6.20 Å². The van der Waals surface area contributed by atoms with Gasteiger partial charge < -0.3 is 15.2 Å². The standard InChI is InChI=1S/C14H15N3O2S/c1-2-9-18-10-3-5-11(6-4-10)19-14-16-8-7-12(17-14)13(15)20/h3-8H,2,9H2,1H3,(H2,15,20). The van der Waals surface area contributed by atoms with E-state index in [9.17, 15) is 0 Å². The average Bonchev–Trinajstić information content (AvgIpc) is 2.47. The first-order valence-corrected chi connectivity index (χ1v) is 6.63. The van der Waals surface area contributed by atoms with E-state index in [4.69, 9.17) is 27.4 Å². The molecular weight excluding hydrogens is 274 g/mol. The number of rotatable bonds is 6.